The van der Waals surface area contributed by atoms with Crippen molar-refractivity contribution < 1.29 is 4.79 Å². The predicted octanol–water partition coefficient (Wildman–Crippen LogP) is -1.85. The van der Waals surface area contributed by atoms with Crippen LogP contribution in [0, 0.1) is 0 Å². The Hall–Kier alpha value is -1.73. The van der Waals surface area contributed by atoms with Crippen LogP contribution in [0.3, 0.4) is 0 Å². The molecule has 0 saturated carbocycles. The summed E-state index contributed by atoms with van der Waals surface area (Å²) in [5, 5.41) is 3.35. The maximum absolute atomic E-state index is 11.5. The fourth-order valence-electron chi connectivity index (χ4n) is 1.18. The van der Waals surface area contributed by atoms with Gasteiger partial charge in [-0.15, -0.1) is 11.1 Å². The van der Waals surface area contributed by atoms with E-state index in [9.17, 15) is 4.79 Å². The molecule has 7 nitrogen and oxygen atoms in total. The van der Waals surface area contributed by atoms with Crippen LogP contribution in [-0.2, 0) is 4.79 Å². The molecule has 0 bridgehead atoms. The molecular weight excluding hydrogens is 184 g/mol. The number of nitrogens with zero attached hydrogens (tertiary/aromatic N) is 2. The largest absolute Gasteiger partial charge is 0.310 e. The number of hydrogen-bond acceptors (Lipinski definition) is 7. The van der Waals surface area contributed by atoms with E-state index in [2.05, 4.69) is 21.9 Å². The van der Waals surface area contributed by atoms with E-state index in [1.165, 1.54) is 0 Å². The van der Waals surface area contributed by atoms with E-state index < -0.39 is 0 Å². The molecule has 0 saturated heterocycles. The average Bonchev–Trinajstić information content (AvgIpc) is 2.76. The molecule has 2 aliphatic heterocycles. The number of ketones is 1. The van der Waals surface area contributed by atoms with E-state index in [4.69, 9.17) is 0 Å². The maximum Gasteiger partial charge on any atom is 0.174 e. The van der Waals surface area contributed by atoms with E-state index in [0.29, 0.717) is 13.1 Å². The lowest BCUT2D eigenvalue weighted by molar-refractivity contribution is -0.121. The van der Waals surface area contributed by atoms with Gasteiger partial charge in [0, 0.05) is 24.8 Å². The van der Waals surface area contributed by atoms with E-state index >= 15 is 0 Å². The zero-order valence-corrected chi connectivity index (χ0v) is 7.53. The minimum atomic E-state index is 0.103. The predicted molar refractivity (Wildman–Crippen MR) is 49.2 cm³/mol. The fourth-order valence-corrected chi connectivity index (χ4v) is 1.18. The molecule has 76 valence electrons. The molecule has 14 heavy (non-hydrogen) atoms. The summed E-state index contributed by atoms with van der Waals surface area (Å²) in [6, 6.07) is 0. The number of hydrogen-bond donors (Lipinski definition) is 4. The Balaban J connectivity index is 1.72. The van der Waals surface area contributed by atoms with Crippen LogP contribution >= 0.6 is 0 Å². The monoisotopic (exact) mass is 196 g/mol. The third kappa shape index (κ3) is 2.15. The highest BCUT2D eigenvalue weighted by Gasteiger charge is 2.13. The molecule has 2 heterocycles. The Morgan fingerprint density at radius 3 is 1.86 bits per heavy atom. The van der Waals surface area contributed by atoms with E-state index in [1.54, 1.807) is 34.8 Å². The number of Topliss-reactive ketones (excluding diaryl/α,β-unsaturated/α-hetero) is 1. The molecular formula is C7H12N6O. The van der Waals surface area contributed by atoms with E-state index in [1.807, 2.05) is 0 Å². The van der Waals surface area contributed by atoms with Crippen molar-refractivity contribution in [2.24, 2.45) is 0 Å². The summed E-state index contributed by atoms with van der Waals surface area (Å²) in [5.74, 6) is 0.103. The smallest absolute Gasteiger partial charge is 0.174 e. The first-order valence-corrected chi connectivity index (χ1v) is 4.25. The molecule has 2 rings (SSSR count). The van der Waals surface area contributed by atoms with E-state index in [0.717, 1.165) is 0 Å². The Bertz CT molecular complexity index is 249. The topological polar surface area (TPSA) is 71.7 Å². The highest BCUT2D eigenvalue weighted by atomic mass is 16.1. The van der Waals surface area contributed by atoms with Gasteiger partial charge in [0.15, 0.2) is 5.78 Å². The van der Waals surface area contributed by atoms with Crippen LogP contribution in [0.5, 0.6) is 0 Å². The van der Waals surface area contributed by atoms with Crippen LogP contribution in [0.25, 0.3) is 0 Å². The first-order valence-electron chi connectivity index (χ1n) is 4.25. The molecule has 0 spiro atoms. The minimum Gasteiger partial charge on any atom is -0.310 e. The quantitative estimate of drug-likeness (QED) is 0.420. The average molecular weight is 196 g/mol. The number of nitrogens with one attached hydrogen (secondary N) is 4. The lowest BCUT2D eigenvalue weighted by atomic mass is 10.4. The molecule has 4 N–H and O–H groups in total. The van der Waals surface area contributed by atoms with Crippen molar-refractivity contribution in [3.8, 4) is 0 Å². The number of hydrazine groups is 4. The first-order chi connectivity index (χ1) is 6.84. The summed E-state index contributed by atoms with van der Waals surface area (Å²) < 4.78 is 0. The standard InChI is InChI=1S/C7H12N6O/c14-7(5-12-3-1-8-10-12)6-13-4-2-9-11-13/h1-4,8-11H,5-6H2. The van der Waals surface area contributed by atoms with Gasteiger partial charge in [-0.3, -0.25) is 14.8 Å². The third-order valence-corrected chi connectivity index (χ3v) is 1.79. The zero-order chi connectivity index (χ0) is 9.80. The highest BCUT2D eigenvalue weighted by Crippen LogP contribution is 1.93. The van der Waals surface area contributed by atoms with Gasteiger partial charge in [-0.1, -0.05) is 0 Å². The van der Waals surface area contributed by atoms with Crippen molar-refractivity contribution >= 4 is 5.78 Å². The lowest BCUT2D eigenvalue weighted by Gasteiger charge is -2.17. The van der Waals surface area contributed by atoms with Gasteiger partial charge in [0.1, 0.15) is 0 Å². The summed E-state index contributed by atoms with van der Waals surface area (Å²) in [6.45, 7) is 0.658. The van der Waals surface area contributed by atoms with Crippen LogP contribution < -0.4 is 21.9 Å². The maximum atomic E-state index is 11.5. The second-order valence-corrected chi connectivity index (χ2v) is 2.94. The van der Waals surface area contributed by atoms with Gasteiger partial charge in [-0.2, -0.15) is 0 Å². The van der Waals surface area contributed by atoms with Gasteiger partial charge in [-0.25, -0.2) is 0 Å². The second kappa shape index (κ2) is 3.99. The Morgan fingerprint density at radius 1 is 1.00 bits per heavy atom. The first kappa shape index (κ1) is 8.85. The van der Waals surface area contributed by atoms with Crippen molar-refractivity contribution in [3.05, 3.63) is 24.8 Å². The number of carbonyl (C=O) groups excluding carboxylic acids is 1. The third-order valence-electron chi connectivity index (χ3n) is 1.79. The van der Waals surface area contributed by atoms with Crippen molar-refractivity contribution in [1.29, 1.82) is 0 Å². The molecule has 0 fully saturated rings. The minimum absolute atomic E-state index is 0.103. The summed E-state index contributed by atoms with van der Waals surface area (Å²) in [6.07, 6.45) is 6.98. The molecule has 0 aromatic rings. The van der Waals surface area contributed by atoms with Crippen LogP contribution in [0.1, 0.15) is 0 Å². The Kier molecular flexibility index (Phi) is 2.52. The number of rotatable bonds is 4. The van der Waals surface area contributed by atoms with Crippen molar-refractivity contribution in [1.82, 2.24) is 31.9 Å². The van der Waals surface area contributed by atoms with Crippen LogP contribution in [0.2, 0.25) is 0 Å². The SMILES string of the molecule is O=C(CN1C=CNN1)CN1C=CNN1. The van der Waals surface area contributed by atoms with E-state index in [-0.39, 0.29) is 5.78 Å². The van der Waals surface area contributed by atoms with Gasteiger partial charge in [-0.05, 0) is 0 Å². The Morgan fingerprint density at radius 2 is 1.50 bits per heavy atom. The van der Waals surface area contributed by atoms with Crippen molar-refractivity contribution in [2.75, 3.05) is 13.1 Å². The normalized spacial score (nSPS) is 18.6. The fraction of sp³-hybridized carbons (Fsp3) is 0.286. The van der Waals surface area contributed by atoms with Crippen molar-refractivity contribution in [3.63, 3.8) is 0 Å². The molecule has 0 unspecified atom stereocenters. The van der Waals surface area contributed by atoms with Gasteiger partial charge >= 0.3 is 0 Å². The molecule has 0 aromatic heterocycles. The molecule has 0 amide bonds. The lowest BCUT2D eigenvalue weighted by Crippen LogP contribution is -2.44. The van der Waals surface area contributed by atoms with Crippen LogP contribution in [0.15, 0.2) is 24.8 Å². The second-order valence-electron chi connectivity index (χ2n) is 2.94. The molecule has 2 aliphatic rings. The molecule has 7 heteroatoms. The number of carbonyl (C=O) groups is 1. The zero-order valence-electron chi connectivity index (χ0n) is 7.53. The summed E-state index contributed by atoms with van der Waals surface area (Å²) in [7, 11) is 0. The van der Waals surface area contributed by atoms with Gasteiger partial charge in [0.05, 0.1) is 13.1 Å². The van der Waals surface area contributed by atoms with Gasteiger partial charge in [0.2, 0.25) is 0 Å². The summed E-state index contributed by atoms with van der Waals surface area (Å²) in [4.78, 5) is 11.5. The molecule has 0 aliphatic carbocycles. The van der Waals surface area contributed by atoms with Crippen LogP contribution in [-0.4, -0.2) is 28.9 Å². The molecule has 0 radical (unpaired) electrons. The molecule has 0 atom stereocenters. The Labute approximate surface area is 81.3 Å². The highest BCUT2D eigenvalue weighted by molar-refractivity contribution is 5.82. The summed E-state index contributed by atoms with van der Waals surface area (Å²) >= 11 is 0. The van der Waals surface area contributed by atoms with Crippen LogP contribution in [0.4, 0.5) is 0 Å². The van der Waals surface area contributed by atoms with Gasteiger partial charge < -0.3 is 10.9 Å². The van der Waals surface area contributed by atoms with Gasteiger partial charge in [0.25, 0.3) is 0 Å². The molecule has 0 aromatic carbocycles. The summed E-state index contributed by atoms with van der Waals surface area (Å²) in [5.41, 5.74) is 11.1. The van der Waals surface area contributed by atoms with Crippen molar-refractivity contribution in [2.45, 2.75) is 0 Å².